The maximum Gasteiger partial charge on any atom is 0.235 e. The standard InChI is InChI=1S/C22H19N5O3S.C21H20N6O4S/c1-16(28)18-4-8-21(9-5-18)31(29,30)20-6-2-17(3-7-20)14-25-22(26-15-23)27-19-10-12-24-13-11-19;1-30-19-8-7-18(20(27-19)31-2)32(28,29)17-5-3-15(4-6-17)13-24-21(25-14-22)26-16-9-11-23-12-10-16/h2-13H,14H2,1H3,(H2,24,25,26,27);3-12H,13H2,1-2H3,(H2,23,24,25,26). The van der Waals surface area contributed by atoms with Crippen molar-refractivity contribution in [2.45, 2.75) is 39.6 Å². The highest BCUT2D eigenvalue weighted by Gasteiger charge is 2.24. The van der Waals surface area contributed by atoms with Crippen molar-refractivity contribution >= 4 is 48.8 Å². The van der Waals surface area contributed by atoms with Crippen LogP contribution in [-0.4, -0.2) is 63.7 Å². The number of sulfone groups is 2. The minimum absolute atomic E-state index is 0.0466. The van der Waals surface area contributed by atoms with Crippen molar-refractivity contribution in [1.29, 1.82) is 10.5 Å². The third kappa shape index (κ3) is 12.7. The Labute approximate surface area is 363 Å². The van der Waals surface area contributed by atoms with E-state index in [0.29, 0.717) is 30.0 Å². The number of pyridine rings is 3. The summed E-state index contributed by atoms with van der Waals surface area (Å²) in [6.45, 7) is 2.06. The first-order chi connectivity index (χ1) is 30.4. The van der Waals surface area contributed by atoms with Gasteiger partial charge in [-0.3, -0.25) is 14.8 Å². The molecule has 0 bridgehead atoms. The van der Waals surface area contributed by atoms with Gasteiger partial charge in [-0.2, -0.15) is 15.5 Å². The fraction of sp³-hybridized carbons (Fsp3) is 0.116. The predicted molar refractivity (Wildman–Crippen MR) is 233 cm³/mol. The lowest BCUT2D eigenvalue weighted by Gasteiger charge is -2.12. The van der Waals surface area contributed by atoms with Crippen LogP contribution in [0.3, 0.4) is 0 Å². The van der Waals surface area contributed by atoms with Gasteiger partial charge in [0.1, 0.15) is 4.90 Å². The summed E-state index contributed by atoms with van der Waals surface area (Å²) in [5.41, 5.74) is 3.47. The number of hydrogen-bond donors (Lipinski definition) is 4. The Morgan fingerprint density at radius 3 is 1.43 bits per heavy atom. The molecule has 0 aliphatic carbocycles. The molecule has 0 unspecified atom stereocenters. The van der Waals surface area contributed by atoms with Gasteiger partial charge in [0.15, 0.2) is 5.78 Å². The molecule has 63 heavy (non-hydrogen) atoms. The molecule has 3 aromatic carbocycles. The molecule has 0 aliphatic rings. The van der Waals surface area contributed by atoms with E-state index in [1.807, 2.05) is 0 Å². The fourth-order valence-electron chi connectivity index (χ4n) is 5.42. The molecule has 0 amide bonds. The molecule has 0 aliphatic heterocycles. The van der Waals surface area contributed by atoms with Crippen LogP contribution in [0.5, 0.6) is 11.8 Å². The molecule has 0 radical (unpaired) electrons. The Hall–Kier alpha value is -8.20. The van der Waals surface area contributed by atoms with Gasteiger partial charge in [0.2, 0.25) is 55.7 Å². The van der Waals surface area contributed by atoms with Gasteiger partial charge in [-0.1, -0.05) is 36.4 Å². The summed E-state index contributed by atoms with van der Waals surface area (Å²) in [5, 5.41) is 29.8. The summed E-state index contributed by atoms with van der Waals surface area (Å²) in [4.78, 5) is 31.0. The molecule has 6 rings (SSSR count). The van der Waals surface area contributed by atoms with Crippen molar-refractivity contribution in [3.8, 4) is 24.1 Å². The number of benzene rings is 3. The zero-order valence-corrected chi connectivity index (χ0v) is 35.6. The van der Waals surface area contributed by atoms with E-state index in [9.17, 15) is 21.6 Å². The summed E-state index contributed by atoms with van der Waals surface area (Å²) in [5.74, 6) is 0.589. The molecule has 0 saturated carbocycles. The number of guanidine groups is 2. The number of Topliss-reactive ketones (excluding diaryl/α,β-unsaturated/α-hetero) is 1. The molecule has 18 nitrogen and oxygen atoms in total. The second kappa shape index (κ2) is 21.9. The van der Waals surface area contributed by atoms with E-state index in [0.717, 1.165) is 11.1 Å². The number of carbonyl (C=O) groups excluding carboxylic acids is 1. The summed E-state index contributed by atoms with van der Waals surface area (Å²) < 4.78 is 61.8. The lowest BCUT2D eigenvalue weighted by atomic mass is 10.2. The van der Waals surface area contributed by atoms with Crippen molar-refractivity contribution < 1.29 is 31.1 Å². The number of anilines is 2. The van der Waals surface area contributed by atoms with E-state index in [1.54, 1.807) is 85.7 Å². The summed E-state index contributed by atoms with van der Waals surface area (Å²) in [6.07, 6.45) is 9.90. The van der Waals surface area contributed by atoms with Crippen LogP contribution in [0.15, 0.2) is 164 Å². The molecule has 0 atom stereocenters. The highest BCUT2D eigenvalue weighted by Crippen LogP contribution is 2.30. The third-order valence-electron chi connectivity index (χ3n) is 8.66. The van der Waals surface area contributed by atoms with Crippen LogP contribution in [0.2, 0.25) is 0 Å². The van der Waals surface area contributed by atoms with Crippen molar-refractivity contribution in [2.24, 2.45) is 9.98 Å². The zero-order chi connectivity index (χ0) is 45.2. The number of nitriles is 2. The molecular formula is C43H39N11O7S2. The Morgan fingerprint density at radius 1 is 0.603 bits per heavy atom. The van der Waals surface area contributed by atoms with Crippen LogP contribution in [0.4, 0.5) is 11.4 Å². The largest absolute Gasteiger partial charge is 0.481 e. The van der Waals surface area contributed by atoms with Crippen LogP contribution >= 0.6 is 0 Å². The molecule has 6 aromatic rings. The van der Waals surface area contributed by atoms with Gasteiger partial charge in [0.05, 0.1) is 28.9 Å². The topological polar surface area (TPSA) is 263 Å². The van der Waals surface area contributed by atoms with Crippen molar-refractivity contribution in [3.05, 3.63) is 151 Å². The van der Waals surface area contributed by atoms with Gasteiger partial charge < -0.3 is 30.7 Å². The number of nitrogens with zero attached hydrogens (tertiary/aromatic N) is 7. The van der Waals surface area contributed by atoms with Crippen LogP contribution < -0.4 is 30.7 Å². The Kier molecular flexibility index (Phi) is 15.9. The second-order valence-electron chi connectivity index (χ2n) is 12.8. The molecule has 320 valence electrons. The summed E-state index contributed by atoms with van der Waals surface area (Å²) in [7, 11) is -4.77. The first-order valence-electron chi connectivity index (χ1n) is 18.5. The van der Waals surface area contributed by atoms with Gasteiger partial charge in [-0.15, -0.1) is 9.98 Å². The maximum absolute atomic E-state index is 13.0. The van der Waals surface area contributed by atoms with E-state index < -0.39 is 19.7 Å². The van der Waals surface area contributed by atoms with E-state index in [2.05, 4.69) is 46.2 Å². The number of aromatic nitrogens is 3. The number of nitrogens with one attached hydrogen (secondary N) is 4. The summed E-state index contributed by atoms with van der Waals surface area (Å²) >= 11 is 0. The van der Waals surface area contributed by atoms with Crippen LogP contribution in [-0.2, 0) is 32.8 Å². The molecule has 0 fully saturated rings. The highest BCUT2D eigenvalue weighted by atomic mass is 32.2. The molecule has 0 saturated heterocycles. The van der Waals surface area contributed by atoms with E-state index in [4.69, 9.17) is 20.0 Å². The second-order valence-corrected chi connectivity index (χ2v) is 16.7. The van der Waals surface area contributed by atoms with Crippen molar-refractivity contribution in [2.75, 3.05) is 24.9 Å². The number of carbonyl (C=O) groups is 1. The lowest BCUT2D eigenvalue weighted by molar-refractivity contribution is 0.101. The SMILES string of the molecule is CC(=O)c1ccc(S(=O)(=O)c2ccc(CNC(=NC#N)Nc3ccncc3)cc2)cc1.COc1ccc(S(=O)(=O)c2ccc(CNC(=NC#N)Nc3ccncc3)cc2)c(OC)n1. The first kappa shape index (κ1) is 45.9. The number of ether oxygens (including phenoxy) is 2. The number of aliphatic imine (C=N–C) groups is 2. The molecule has 3 heterocycles. The van der Waals surface area contributed by atoms with Crippen LogP contribution in [0, 0.1) is 22.9 Å². The van der Waals surface area contributed by atoms with Gasteiger partial charge in [0.25, 0.3) is 0 Å². The number of ketones is 1. The average Bonchev–Trinajstić information content (AvgIpc) is 3.31. The Morgan fingerprint density at radius 2 is 1.03 bits per heavy atom. The number of hydrogen-bond acceptors (Lipinski definition) is 14. The molecule has 4 N–H and O–H groups in total. The van der Waals surface area contributed by atoms with Crippen LogP contribution in [0.25, 0.3) is 0 Å². The van der Waals surface area contributed by atoms with Gasteiger partial charge in [0, 0.05) is 60.9 Å². The van der Waals surface area contributed by atoms with E-state index >= 15 is 0 Å². The average molecular weight is 886 g/mol. The number of rotatable bonds is 13. The molecule has 3 aromatic heterocycles. The monoisotopic (exact) mass is 885 g/mol. The predicted octanol–water partition coefficient (Wildman–Crippen LogP) is 5.52. The van der Waals surface area contributed by atoms with E-state index in [1.165, 1.54) is 81.8 Å². The van der Waals surface area contributed by atoms with Crippen molar-refractivity contribution in [3.63, 3.8) is 0 Å². The van der Waals surface area contributed by atoms with E-state index in [-0.39, 0.29) is 49.0 Å². The first-order valence-corrected chi connectivity index (χ1v) is 21.5. The molecule has 20 heteroatoms. The minimum atomic E-state index is -3.85. The van der Waals surface area contributed by atoms with Crippen molar-refractivity contribution in [1.82, 2.24) is 25.6 Å². The van der Waals surface area contributed by atoms with Gasteiger partial charge >= 0.3 is 0 Å². The summed E-state index contributed by atoms with van der Waals surface area (Å²) in [6, 6.07) is 28.4. The zero-order valence-electron chi connectivity index (χ0n) is 33.9. The smallest absolute Gasteiger partial charge is 0.235 e. The third-order valence-corrected chi connectivity index (χ3v) is 12.2. The Bertz CT molecular complexity index is 2870. The lowest BCUT2D eigenvalue weighted by Crippen LogP contribution is -2.30. The quantitative estimate of drug-likeness (QED) is 0.0481. The van der Waals surface area contributed by atoms with Gasteiger partial charge in [-0.05, 0) is 84.8 Å². The normalized spacial score (nSPS) is 11.4. The molecule has 0 spiro atoms. The van der Waals surface area contributed by atoms with Crippen LogP contribution in [0.1, 0.15) is 28.4 Å². The fourth-order valence-corrected chi connectivity index (χ4v) is 8.03. The Balaban J connectivity index is 0.000000238. The number of methoxy groups -OCH3 is 2. The molecular weight excluding hydrogens is 847 g/mol. The minimum Gasteiger partial charge on any atom is -0.481 e. The highest BCUT2D eigenvalue weighted by molar-refractivity contribution is 7.91. The maximum atomic E-state index is 13.0. The van der Waals surface area contributed by atoms with Gasteiger partial charge in [-0.25, -0.2) is 16.8 Å².